The van der Waals surface area contributed by atoms with E-state index in [2.05, 4.69) is 4.74 Å². The van der Waals surface area contributed by atoms with Gasteiger partial charge in [0.05, 0.1) is 19.8 Å². The van der Waals surface area contributed by atoms with Gasteiger partial charge < -0.3 is 29.1 Å². The van der Waals surface area contributed by atoms with Crippen LogP contribution in [0.25, 0.3) is 0 Å². The number of carbonyl (C=O) groups excluding carboxylic acids is 3. The number of amides is 1. The highest BCUT2D eigenvalue weighted by Crippen LogP contribution is 2.28. The largest absolute Gasteiger partial charge is 0.493 e. The molecule has 26 heavy (non-hydrogen) atoms. The summed E-state index contributed by atoms with van der Waals surface area (Å²) in [5.74, 6) is -1.11. The number of methoxy groups -OCH3 is 2. The van der Waals surface area contributed by atoms with E-state index in [9.17, 15) is 14.4 Å². The lowest BCUT2D eigenvalue weighted by atomic mass is 10.2. The molecule has 0 aliphatic rings. The standard InChI is InChI=1S/C17H17NO8/c1-22-14-7-10(3-5-12(14)24-9-15(18)19)16(20)25-8-11-4-6-13(26-11)17(21)23-2/h3-7H,8-9H2,1-2H3,(H2,18,19). The van der Waals surface area contributed by atoms with E-state index in [4.69, 9.17) is 24.4 Å². The van der Waals surface area contributed by atoms with Crippen molar-refractivity contribution >= 4 is 17.8 Å². The molecule has 0 atom stereocenters. The third-order valence-electron chi connectivity index (χ3n) is 3.16. The molecule has 0 bridgehead atoms. The Bertz CT molecular complexity index is 811. The van der Waals surface area contributed by atoms with Gasteiger partial charge in [0, 0.05) is 0 Å². The van der Waals surface area contributed by atoms with Gasteiger partial charge in [-0.15, -0.1) is 0 Å². The Hall–Kier alpha value is -3.49. The number of carbonyl (C=O) groups is 3. The number of hydrogen-bond acceptors (Lipinski definition) is 8. The number of furan rings is 1. The first-order valence-corrected chi connectivity index (χ1v) is 7.38. The van der Waals surface area contributed by atoms with E-state index in [1.54, 1.807) is 0 Å². The molecule has 0 radical (unpaired) electrons. The molecule has 1 aromatic heterocycles. The van der Waals surface area contributed by atoms with Crippen LogP contribution >= 0.6 is 0 Å². The van der Waals surface area contributed by atoms with Gasteiger partial charge in [-0.05, 0) is 30.3 Å². The lowest BCUT2D eigenvalue weighted by Crippen LogP contribution is -2.20. The Kier molecular flexibility index (Phi) is 6.20. The average Bonchev–Trinajstić information content (AvgIpc) is 3.12. The fraction of sp³-hybridized carbons (Fsp3) is 0.235. The van der Waals surface area contributed by atoms with E-state index in [-0.39, 0.29) is 41.8 Å². The third kappa shape index (κ3) is 4.76. The molecular formula is C17H17NO8. The van der Waals surface area contributed by atoms with Crippen LogP contribution in [0.3, 0.4) is 0 Å². The van der Waals surface area contributed by atoms with Gasteiger partial charge in [-0.3, -0.25) is 4.79 Å². The van der Waals surface area contributed by atoms with E-state index < -0.39 is 17.8 Å². The summed E-state index contributed by atoms with van der Waals surface area (Å²) in [6.07, 6.45) is 0. The fourth-order valence-electron chi connectivity index (χ4n) is 1.95. The maximum atomic E-state index is 12.1. The number of esters is 2. The van der Waals surface area contributed by atoms with Crippen LogP contribution in [-0.4, -0.2) is 38.7 Å². The molecular weight excluding hydrogens is 346 g/mol. The molecule has 0 spiro atoms. The summed E-state index contributed by atoms with van der Waals surface area (Å²) in [5, 5.41) is 0. The Morgan fingerprint density at radius 1 is 1.04 bits per heavy atom. The molecule has 9 nitrogen and oxygen atoms in total. The van der Waals surface area contributed by atoms with Crippen LogP contribution in [-0.2, 0) is 20.9 Å². The van der Waals surface area contributed by atoms with Crippen LogP contribution in [0.2, 0.25) is 0 Å². The monoisotopic (exact) mass is 363 g/mol. The van der Waals surface area contributed by atoms with Crippen LogP contribution in [0, 0.1) is 0 Å². The molecule has 138 valence electrons. The van der Waals surface area contributed by atoms with E-state index in [1.807, 2.05) is 0 Å². The number of benzene rings is 1. The predicted molar refractivity (Wildman–Crippen MR) is 86.9 cm³/mol. The summed E-state index contributed by atoms with van der Waals surface area (Å²) < 4.78 is 25.1. The summed E-state index contributed by atoms with van der Waals surface area (Å²) in [5.41, 5.74) is 5.22. The Balaban J connectivity index is 2.01. The third-order valence-corrected chi connectivity index (χ3v) is 3.16. The molecule has 2 aromatic rings. The zero-order valence-electron chi connectivity index (χ0n) is 14.1. The molecule has 1 amide bonds. The molecule has 0 fully saturated rings. The number of rotatable bonds is 8. The summed E-state index contributed by atoms with van der Waals surface area (Å²) in [4.78, 5) is 34.2. The van der Waals surface area contributed by atoms with Crippen molar-refractivity contribution in [1.29, 1.82) is 0 Å². The molecule has 1 heterocycles. The lowest BCUT2D eigenvalue weighted by Gasteiger charge is -2.11. The van der Waals surface area contributed by atoms with Crippen molar-refractivity contribution in [1.82, 2.24) is 0 Å². The molecule has 0 aliphatic heterocycles. The van der Waals surface area contributed by atoms with Crippen molar-refractivity contribution in [2.45, 2.75) is 6.61 Å². The molecule has 1 aromatic carbocycles. The van der Waals surface area contributed by atoms with Crippen LogP contribution in [0.4, 0.5) is 0 Å². The highest BCUT2D eigenvalue weighted by molar-refractivity contribution is 5.90. The summed E-state index contributed by atoms with van der Waals surface area (Å²) >= 11 is 0. The van der Waals surface area contributed by atoms with Gasteiger partial charge in [-0.2, -0.15) is 0 Å². The van der Waals surface area contributed by atoms with E-state index >= 15 is 0 Å². The Morgan fingerprint density at radius 2 is 1.81 bits per heavy atom. The molecule has 9 heteroatoms. The second-order valence-electron chi connectivity index (χ2n) is 4.95. The summed E-state index contributed by atoms with van der Waals surface area (Å²) in [6.45, 7) is -0.487. The first-order valence-electron chi connectivity index (χ1n) is 7.38. The Morgan fingerprint density at radius 3 is 2.46 bits per heavy atom. The number of primary amides is 1. The molecule has 2 rings (SSSR count). The highest BCUT2D eigenvalue weighted by atomic mass is 16.6. The van der Waals surface area contributed by atoms with Gasteiger partial charge in [-0.25, -0.2) is 9.59 Å². The molecule has 0 saturated carbocycles. The fourth-order valence-corrected chi connectivity index (χ4v) is 1.95. The number of hydrogen-bond donors (Lipinski definition) is 1. The number of nitrogens with two attached hydrogens (primary N) is 1. The van der Waals surface area contributed by atoms with Gasteiger partial charge in [0.2, 0.25) is 5.76 Å². The summed E-state index contributed by atoms with van der Waals surface area (Å²) in [7, 11) is 2.62. The second kappa shape index (κ2) is 8.56. The normalized spacial score (nSPS) is 10.1. The van der Waals surface area contributed by atoms with Gasteiger partial charge in [0.1, 0.15) is 12.4 Å². The van der Waals surface area contributed by atoms with E-state index in [1.165, 1.54) is 44.6 Å². The lowest BCUT2D eigenvalue weighted by molar-refractivity contribution is -0.119. The number of ether oxygens (including phenoxy) is 4. The molecule has 0 unspecified atom stereocenters. The minimum absolute atomic E-state index is 0.0103. The molecule has 2 N–H and O–H groups in total. The van der Waals surface area contributed by atoms with E-state index in [0.29, 0.717) is 0 Å². The van der Waals surface area contributed by atoms with Crippen molar-refractivity contribution in [2.75, 3.05) is 20.8 Å². The molecule has 0 saturated heterocycles. The first kappa shape index (κ1) is 18.8. The molecule has 0 aliphatic carbocycles. The highest BCUT2D eigenvalue weighted by Gasteiger charge is 2.15. The van der Waals surface area contributed by atoms with Crippen LogP contribution in [0.15, 0.2) is 34.7 Å². The SMILES string of the molecule is COC(=O)c1ccc(COC(=O)c2ccc(OCC(N)=O)c(OC)c2)o1. The zero-order valence-corrected chi connectivity index (χ0v) is 14.1. The van der Waals surface area contributed by atoms with Gasteiger partial charge >= 0.3 is 11.9 Å². The smallest absolute Gasteiger partial charge is 0.373 e. The van der Waals surface area contributed by atoms with Crippen LogP contribution < -0.4 is 15.2 Å². The van der Waals surface area contributed by atoms with Gasteiger partial charge in [0.15, 0.2) is 18.1 Å². The second-order valence-corrected chi connectivity index (χ2v) is 4.95. The van der Waals surface area contributed by atoms with E-state index in [0.717, 1.165) is 0 Å². The van der Waals surface area contributed by atoms with Crippen molar-refractivity contribution in [3.8, 4) is 11.5 Å². The first-order chi connectivity index (χ1) is 12.4. The average molecular weight is 363 g/mol. The summed E-state index contributed by atoms with van der Waals surface area (Å²) in [6, 6.07) is 7.23. The topological polar surface area (TPSA) is 127 Å². The van der Waals surface area contributed by atoms with Crippen LogP contribution in [0.5, 0.6) is 11.5 Å². The van der Waals surface area contributed by atoms with Crippen molar-refractivity contribution in [2.24, 2.45) is 5.73 Å². The minimum Gasteiger partial charge on any atom is -0.493 e. The maximum absolute atomic E-state index is 12.1. The minimum atomic E-state index is -0.639. The maximum Gasteiger partial charge on any atom is 0.373 e. The van der Waals surface area contributed by atoms with Gasteiger partial charge in [0.25, 0.3) is 5.91 Å². The van der Waals surface area contributed by atoms with Crippen molar-refractivity contribution in [3.05, 3.63) is 47.4 Å². The predicted octanol–water partition coefficient (Wildman–Crippen LogP) is 1.30. The van der Waals surface area contributed by atoms with Crippen molar-refractivity contribution < 1.29 is 37.7 Å². The zero-order chi connectivity index (χ0) is 19.1. The van der Waals surface area contributed by atoms with Crippen LogP contribution in [0.1, 0.15) is 26.7 Å². The van der Waals surface area contributed by atoms with Crippen molar-refractivity contribution in [3.63, 3.8) is 0 Å². The Labute approximate surface area is 148 Å². The quantitative estimate of drug-likeness (QED) is 0.695. The van der Waals surface area contributed by atoms with Gasteiger partial charge in [-0.1, -0.05) is 0 Å².